The normalized spacial score (nSPS) is 16.2. The molecule has 2 aromatic rings. The third-order valence-corrected chi connectivity index (χ3v) is 5.55. The van der Waals surface area contributed by atoms with E-state index in [4.69, 9.17) is 27.2 Å². The minimum atomic E-state index is -2.91. The van der Waals surface area contributed by atoms with Crippen LogP contribution in [-0.2, 0) is 11.8 Å². The van der Waals surface area contributed by atoms with Crippen LogP contribution < -0.4 is 24.3 Å². The predicted molar refractivity (Wildman–Crippen MR) is 127 cm³/mol. The van der Waals surface area contributed by atoms with Crippen molar-refractivity contribution in [2.24, 2.45) is 5.92 Å². The molecule has 0 radical (unpaired) electrons. The van der Waals surface area contributed by atoms with Gasteiger partial charge in [-0.25, -0.2) is 0 Å². The molecule has 0 aliphatic heterocycles. The molecule has 0 saturated carbocycles. The summed E-state index contributed by atoms with van der Waals surface area (Å²) in [5, 5.41) is 13.7. The van der Waals surface area contributed by atoms with Gasteiger partial charge in [0.15, 0.2) is 23.0 Å². The maximum absolute atomic E-state index is 10.4. The Morgan fingerprint density at radius 3 is 2.12 bits per heavy atom. The summed E-state index contributed by atoms with van der Waals surface area (Å²) in [5.41, 5.74) is -0.516. The van der Waals surface area contributed by atoms with Gasteiger partial charge in [-0.1, -0.05) is 25.8 Å². The third-order valence-electron chi connectivity index (χ3n) is 5.55. The fraction of sp³-hybridized carbons (Fsp3) is 0.500. The zero-order valence-corrected chi connectivity index (χ0v) is 19.2. The summed E-state index contributed by atoms with van der Waals surface area (Å²) in [5.74, 6) is 0.0495. The molecule has 0 spiro atoms. The minimum absolute atomic E-state index is 0.0176. The van der Waals surface area contributed by atoms with E-state index in [0.717, 1.165) is 5.56 Å². The van der Waals surface area contributed by atoms with Gasteiger partial charge >= 0.3 is 0 Å². The van der Waals surface area contributed by atoms with Crippen LogP contribution in [0.1, 0.15) is 45.9 Å². The maximum Gasteiger partial charge on any atom is 0.161 e. The van der Waals surface area contributed by atoms with E-state index in [9.17, 15) is 5.26 Å². The lowest BCUT2D eigenvalue weighted by atomic mass is 9.70. The lowest BCUT2D eigenvalue weighted by Gasteiger charge is -2.32. The molecule has 2 rings (SSSR count). The second-order valence-corrected chi connectivity index (χ2v) is 7.38. The summed E-state index contributed by atoms with van der Waals surface area (Å²) in [6.45, 7) is -4.74. The Bertz CT molecular complexity index is 1090. The van der Waals surface area contributed by atoms with Crippen molar-refractivity contribution >= 4 is 0 Å². The van der Waals surface area contributed by atoms with Crippen molar-refractivity contribution in [2.45, 2.75) is 38.4 Å². The Morgan fingerprint density at radius 1 is 0.906 bits per heavy atom. The van der Waals surface area contributed by atoms with E-state index in [2.05, 4.69) is 11.4 Å². The molecule has 0 aliphatic rings. The van der Waals surface area contributed by atoms with Crippen LogP contribution in [0.5, 0.6) is 23.0 Å². The number of methoxy groups -OCH3 is 4. The molecule has 6 nitrogen and oxygen atoms in total. The number of nitrogens with one attached hydrogen (secondary N) is 1. The molecule has 0 aliphatic carbocycles. The van der Waals surface area contributed by atoms with E-state index in [1.165, 1.54) is 20.3 Å². The van der Waals surface area contributed by atoms with Crippen LogP contribution in [0.3, 0.4) is 0 Å². The quantitative estimate of drug-likeness (QED) is 0.448. The standard InChI is InChI=1S/C26H36N2O4/c1-19(2)26(18-27,21-9-11-23(30-4)25(17-21)32-6)13-7-14-28-15-12-20-8-10-22(29-3)24(16-20)31-5/h8-11,16-17,19,28H,7,12-15H2,1-6H3/i1D3,2D3. The summed E-state index contributed by atoms with van der Waals surface area (Å²) < 4.78 is 69.6. The maximum atomic E-state index is 10.4. The molecule has 32 heavy (non-hydrogen) atoms. The van der Waals surface area contributed by atoms with E-state index in [1.54, 1.807) is 26.4 Å². The first kappa shape index (κ1) is 17.6. The molecule has 0 bridgehead atoms. The summed E-state index contributed by atoms with van der Waals surface area (Å²) in [6.07, 6.45) is 1.09. The minimum Gasteiger partial charge on any atom is -0.493 e. The van der Waals surface area contributed by atoms with Gasteiger partial charge in [-0.05, 0) is 73.7 Å². The average Bonchev–Trinajstić information content (AvgIpc) is 2.87. The van der Waals surface area contributed by atoms with E-state index < -0.39 is 25.0 Å². The van der Waals surface area contributed by atoms with Gasteiger partial charge in [-0.3, -0.25) is 0 Å². The van der Waals surface area contributed by atoms with E-state index >= 15 is 0 Å². The fourth-order valence-corrected chi connectivity index (χ4v) is 3.64. The average molecular weight is 447 g/mol. The molecule has 0 amide bonds. The van der Waals surface area contributed by atoms with Crippen LogP contribution >= 0.6 is 0 Å². The highest BCUT2D eigenvalue weighted by atomic mass is 16.5. The van der Waals surface area contributed by atoms with Crippen molar-refractivity contribution in [1.82, 2.24) is 5.32 Å². The Labute approximate surface area is 200 Å². The second-order valence-electron chi connectivity index (χ2n) is 7.38. The summed E-state index contributed by atoms with van der Waals surface area (Å²) >= 11 is 0. The number of rotatable bonds is 13. The topological polar surface area (TPSA) is 72.7 Å². The van der Waals surface area contributed by atoms with Gasteiger partial charge in [0, 0.05) is 8.22 Å². The van der Waals surface area contributed by atoms with Crippen molar-refractivity contribution < 1.29 is 27.2 Å². The highest BCUT2D eigenvalue weighted by molar-refractivity contribution is 5.47. The lowest BCUT2D eigenvalue weighted by Crippen LogP contribution is -2.32. The van der Waals surface area contributed by atoms with Gasteiger partial charge in [-0.2, -0.15) is 5.26 Å². The Balaban J connectivity index is 2.25. The zero-order valence-electron chi connectivity index (χ0n) is 25.2. The molecular weight excluding hydrogens is 404 g/mol. The monoisotopic (exact) mass is 446 g/mol. The van der Waals surface area contributed by atoms with Gasteiger partial charge in [0.1, 0.15) is 0 Å². The Kier molecular flexibility index (Phi) is 6.72. The number of ether oxygens (including phenoxy) is 4. The first-order chi connectivity index (χ1) is 17.9. The van der Waals surface area contributed by atoms with Crippen LogP contribution in [0.4, 0.5) is 0 Å². The fourth-order valence-electron chi connectivity index (χ4n) is 3.64. The van der Waals surface area contributed by atoms with Crippen LogP contribution in [0, 0.1) is 17.2 Å². The van der Waals surface area contributed by atoms with Crippen molar-refractivity contribution in [2.75, 3.05) is 41.5 Å². The van der Waals surface area contributed by atoms with E-state index in [-0.39, 0.29) is 17.7 Å². The van der Waals surface area contributed by atoms with Crippen LogP contribution in [-0.4, -0.2) is 41.5 Å². The first-order valence-electron chi connectivity index (χ1n) is 13.4. The largest absolute Gasteiger partial charge is 0.493 e. The second kappa shape index (κ2) is 12.2. The van der Waals surface area contributed by atoms with Gasteiger partial charge in [0.2, 0.25) is 0 Å². The first-order valence-corrected chi connectivity index (χ1v) is 10.4. The number of nitriles is 1. The highest BCUT2D eigenvalue weighted by Crippen LogP contribution is 2.40. The highest BCUT2D eigenvalue weighted by Gasteiger charge is 2.36. The third kappa shape index (κ3) is 5.86. The van der Waals surface area contributed by atoms with Crippen molar-refractivity contribution in [3.8, 4) is 29.1 Å². The molecule has 0 heterocycles. The SMILES string of the molecule is [2H]C([2H])([2H])C(C([2H])([2H])[2H])C(C#N)(CCCNCCc1ccc(OC)c(OC)c1)c1ccc(OC)c(OC)c1. The van der Waals surface area contributed by atoms with E-state index in [0.29, 0.717) is 43.2 Å². The number of hydrogen-bond acceptors (Lipinski definition) is 6. The Morgan fingerprint density at radius 2 is 1.53 bits per heavy atom. The van der Waals surface area contributed by atoms with Gasteiger partial charge in [-0.15, -0.1) is 0 Å². The predicted octanol–water partition coefficient (Wildman–Crippen LogP) is 4.75. The molecule has 0 saturated heterocycles. The molecule has 1 atom stereocenters. The zero-order chi connectivity index (χ0) is 28.6. The molecule has 6 heteroatoms. The van der Waals surface area contributed by atoms with Gasteiger partial charge in [0.25, 0.3) is 0 Å². The molecule has 0 aromatic heterocycles. The van der Waals surface area contributed by atoms with Gasteiger partial charge in [0.05, 0.1) is 39.9 Å². The van der Waals surface area contributed by atoms with Crippen molar-refractivity contribution in [1.29, 1.82) is 5.26 Å². The lowest BCUT2D eigenvalue weighted by molar-refractivity contribution is 0.341. The number of benzene rings is 2. The summed E-state index contributed by atoms with van der Waals surface area (Å²) in [6, 6.07) is 12.4. The van der Waals surface area contributed by atoms with Crippen LogP contribution in [0.2, 0.25) is 0 Å². The van der Waals surface area contributed by atoms with Crippen LogP contribution in [0.25, 0.3) is 0 Å². The summed E-state index contributed by atoms with van der Waals surface area (Å²) in [4.78, 5) is 0. The number of nitrogens with zero attached hydrogens (tertiary/aromatic N) is 1. The molecule has 2 aromatic carbocycles. The summed E-state index contributed by atoms with van der Waals surface area (Å²) in [7, 11) is 6.02. The molecule has 1 unspecified atom stereocenters. The van der Waals surface area contributed by atoms with Crippen molar-refractivity contribution in [3.63, 3.8) is 0 Å². The van der Waals surface area contributed by atoms with Crippen molar-refractivity contribution in [3.05, 3.63) is 47.5 Å². The Hall–Kier alpha value is -2.91. The molecule has 1 N–H and O–H groups in total. The molecule has 0 fully saturated rings. The van der Waals surface area contributed by atoms with E-state index in [1.807, 2.05) is 18.2 Å². The smallest absolute Gasteiger partial charge is 0.161 e. The van der Waals surface area contributed by atoms with Gasteiger partial charge < -0.3 is 24.3 Å². The number of hydrogen-bond donors (Lipinski definition) is 1. The molecule has 174 valence electrons. The molecular formula is C26H36N2O4. The van der Waals surface area contributed by atoms with Crippen LogP contribution in [0.15, 0.2) is 36.4 Å².